The van der Waals surface area contributed by atoms with Crippen molar-refractivity contribution in [2.24, 2.45) is 10.9 Å². The molecule has 4 nitrogen and oxygen atoms in total. The molecule has 0 unspecified atom stereocenters. The van der Waals surface area contributed by atoms with E-state index in [1.807, 2.05) is 23.9 Å². The Morgan fingerprint density at radius 3 is 2.82 bits per heavy atom. The zero-order valence-electron chi connectivity index (χ0n) is 10.7. The normalized spacial score (nSPS) is 17.3. The molecule has 17 heavy (non-hydrogen) atoms. The van der Waals surface area contributed by atoms with Crippen LogP contribution in [0.25, 0.3) is 0 Å². The average Bonchev–Trinajstić information content (AvgIpc) is 2.54. The highest BCUT2D eigenvalue weighted by Gasteiger charge is 2.24. The van der Waals surface area contributed by atoms with Gasteiger partial charge in [0.05, 0.1) is 19.4 Å². The van der Waals surface area contributed by atoms with Crippen LogP contribution in [0.5, 0.6) is 0 Å². The number of aryl methyl sites for hydroxylation is 1. The Balaban J connectivity index is 2.36. The first-order valence-electron chi connectivity index (χ1n) is 5.96. The minimum Gasteiger partial charge on any atom is -0.377 e. The van der Waals surface area contributed by atoms with Gasteiger partial charge in [-0.05, 0) is 18.9 Å². The zero-order valence-corrected chi connectivity index (χ0v) is 10.7. The van der Waals surface area contributed by atoms with E-state index >= 15 is 0 Å². The second kappa shape index (κ2) is 4.84. The number of allylic oxidation sites excluding steroid dienone is 1. The van der Waals surface area contributed by atoms with Gasteiger partial charge in [-0.1, -0.05) is 20.4 Å². The van der Waals surface area contributed by atoms with Gasteiger partial charge in [-0.2, -0.15) is 5.10 Å². The van der Waals surface area contributed by atoms with E-state index in [4.69, 9.17) is 4.74 Å². The van der Waals surface area contributed by atoms with Gasteiger partial charge < -0.3 is 4.74 Å². The Morgan fingerprint density at radius 2 is 2.35 bits per heavy atom. The van der Waals surface area contributed by atoms with Crippen LogP contribution >= 0.6 is 0 Å². The van der Waals surface area contributed by atoms with Crippen LogP contribution in [0.3, 0.4) is 0 Å². The molecule has 0 bridgehead atoms. The van der Waals surface area contributed by atoms with Crippen molar-refractivity contribution in [1.82, 2.24) is 9.78 Å². The molecule has 1 aliphatic heterocycles. The maximum Gasteiger partial charge on any atom is 0.154 e. The molecule has 0 radical (unpaired) electrons. The summed E-state index contributed by atoms with van der Waals surface area (Å²) >= 11 is 0. The monoisotopic (exact) mass is 233 g/mol. The molecule has 0 N–H and O–H groups in total. The third-order valence-electron chi connectivity index (χ3n) is 2.95. The molecular formula is C13H19N3O. The molecule has 0 atom stereocenters. The topological polar surface area (TPSA) is 39.4 Å². The lowest BCUT2D eigenvalue weighted by molar-refractivity contribution is -0.0278. The summed E-state index contributed by atoms with van der Waals surface area (Å²) in [6, 6.07) is 0.334. The Bertz CT molecular complexity index is 442. The molecule has 92 valence electrons. The summed E-state index contributed by atoms with van der Waals surface area (Å²) in [6.07, 6.45) is 3.68. The predicted molar refractivity (Wildman–Crippen MR) is 69.0 cm³/mol. The van der Waals surface area contributed by atoms with E-state index in [9.17, 15) is 0 Å². The fourth-order valence-corrected chi connectivity index (χ4v) is 1.75. The molecule has 2 rings (SSSR count). The summed E-state index contributed by atoms with van der Waals surface area (Å²) in [5, 5.41) is 4.38. The van der Waals surface area contributed by atoms with Gasteiger partial charge in [-0.3, -0.25) is 0 Å². The van der Waals surface area contributed by atoms with E-state index in [1.165, 1.54) is 0 Å². The van der Waals surface area contributed by atoms with Crippen molar-refractivity contribution in [3.8, 4) is 0 Å². The molecule has 0 aliphatic carbocycles. The molecule has 4 heteroatoms. The van der Waals surface area contributed by atoms with E-state index in [0.29, 0.717) is 12.0 Å². The molecule has 1 aliphatic rings. The standard InChI is InChI=1S/C13H19N3O/c1-5-12(9(2)3)15-13-10(4)6-14-16(13)11-7-17-8-11/h5-6,9,11H,1,7-8H2,2-4H3. The van der Waals surface area contributed by atoms with Gasteiger partial charge in [0.25, 0.3) is 0 Å². The quantitative estimate of drug-likeness (QED) is 0.750. The van der Waals surface area contributed by atoms with Crippen LogP contribution in [0.2, 0.25) is 0 Å². The van der Waals surface area contributed by atoms with E-state index < -0.39 is 0 Å². The number of nitrogens with zero attached hydrogens (tertiary/aromatic N) is 3. The van der Waals surface area contributed by atoms with Gasteiger partial charge in [0.2, 0.25) is 0 Å². The van der Waals surface area contributed by atoms with Crippen LogP contribution in [0, 0.1) is 12.8 Å². The van der Waals surface area contributed by atoms with Gasteiger partial charge in [-0.15, -0.1) is 0 Å². The smallest absolute Gasteiger partial charge is 0.154 e. The minimum absolute atomic E-state index is 0.334. The Labute approximate surface area is 102 Å². The molecule has 1 aromatic heterocycles. The van der Waals surface area contributed by atoms with Gasteiger partial charge >= 0.3 is 0 Å². The lowest BCUT2D eigenvalue weighted by atomic mass is 10.1. The number of rotatable bonds is 4. The second-order valence-corrected chi connectivity index (χ2v) is 4.68. The number of aliphatic imine (C=N–C) groups is 1. The first kappa shape index (κ1) is 12.0. The highest BCUT2D eigenvalue weighted by atomic mass is 16.5. The van der Waals surface area contributed by atoms with Crippen LogP contribution in [0.15, 0.2) is 23.8 Å². The fraction of sp³-hybridized carbons (Fsp3) is 0.538. The molecule has 1 saturated heterocycles. The van der Waals surface area contributed by atoms with Crippen molar-refractivity contribution in [2.45, 2.75) is 26.8 Å². The number of aromatic nitrogens is 2. The Hall–Kier alpha value is -1.42. The summed E-state index contributed by atoms with van der Waals surface area (Å²) in [7, 11) is 0. The second-order valence-electron chi connectivity index (χ2n) is 4.68. The largest absolute Gasteiger partial charge is 0.377 e. The highest BCUT2D eigenvalue weighted by Crippen LogP contribution is 2.27. The van der Waals surface area contributed by atoms with Crippen molar-refractivity contribution < 1.29 is 4.74 Å². The van der Waals surface area contributed by atoms with Crippen molar-refractivity contribution in [1.29, 1.82) is 0 Å². The summed E-state index contributed by atoms with van der Waals surface area (Å²) in [4.78, 5) is 4.68. The van der Waals surface area contributed by atoms with Crippen LogP contribution in [0.4, 0.5) is 5.82 Å². The van der Waals surface area contributed by atoms with Crippen LogP contribution in [0.1, 0.15) is 25.5 Å². The fourth-order valence-electron chi connectivity index (χ4n) is 1.75. The lowest BCUT2D eigenvalue weighted by Crippen LogP contribution is -2.31. The van der Waals surface area contributed by atoms with Crippen LogP contribution < -0.4 is 0 Å². The van der Waals surface area contributed by atoms with Crippen molar-refractivity contribution in [3.63, 3.8) is 0 Å². The highest BCUT2D eigenvalue weighted by molar-refractivity contribution is 5.97. The summed E-state index contributed by atoms with van der Waals surface area (Å²) in [6.45, 7) is 11.5. The van der Waals surface area contributed by atoms with Crippen LogP contribution in [-0.2, 0) is 4.74 Å². The predicted octanol–water partition coefficient (Wildman–Crippen LogP) is 2.68. The number of hydrogen-bond acceptors (Lipinski definition) is 3. The molecular weight excluding hydrogens is 214 g/mol. The van der Waals surface area contributed by atoms with E-state index in [-0.39, 0.29) is 0 Å². The van der Waals surface area contributed by atoms with Gasteiger partial charge in [-0.25, -0.2) is 9.67 Å². The zero-order chi connectivity index (χ0) is 12.4. The SMILES string of the molecule is C=CC(=Nc1c(C)cnn1C1COC1)C(C)C. The summed E-state index contributed by atoms with van der Waals surface area (Å²) in [5.41, 5.74) is 2.09. The van der Waals surface area contributed by atoms with Crippen LogP contribution in [-0.4, -0.2) is 28.7 Å². The summed E-state index contributed by atoms with van der Waals surface area (Å²) < 4.78 is 7.17. The first-order valence-corrected chi connectivity index (χ1v) is 5.96. The van der Waals surface area contributed by atoms with Gasteiger partial charge in [0, 0.05) is 11.3 Å². The molecule has 2 heterocycles. The van der Waals surface area contributed by atoms with Gasteiger partial charge in [0.1, 0.15) is 6.04 Å². The van der Waals surface area contributed by atoms with Crippen molar-refractivity contribution in [3.05, 3.63) is 24.4 Å². The summed E-state index contributed by atoms with van der Waals surface area (Å²) in [5.74, 6) is 1.30. The molecule has 1 aromatic rings. The minimum atomic E-state index is 0.334. The average molecular weight is 233 g/mol. The molecule has 1 fully saturated rings. The molecule has 0 amide bonds. The molecule has 0 saturated carbocycles. The third-order valence-corrected chi connectivity index (χ3v) is 2.95. The maximum atomic E-state index is 5.20. The molecule has 0 aromatic carbocycles. The number of hydrogen-bond donors (Lipinski definition) is 0. The number of ether oxygens (including phenoxy) is 1. The van der Waals surface area contributed by atoms with Crippen molar-refractivity contribution in [2.75, 3.05) is 13.2 Å². The Morgan fingerprint density at radius 1 is 1.65 bits per heavy atom. The molecule has 0 spiro atoms. The van der Waals surface area contributed by atoms with Crippen molar-refractivity contribution >= 4 is 11.5 Å². The van der Waals surface area contributed by atoms with E-state index in [2.05, 4.69) is 30.5 Å². The van der Waals surface area contributed by atoms with Gasteiger partial charge in [0.15, 0.2) is 5.82 Å². The van der Waals surface area contributed by atoms with E-state index in [0.717, 1.165) is 30.3 Å². The lowest BCUT2D eigenvalue weighted by Gasteiger charge is -2.27. The Kier molecular flexibility index (Phi) is 3.43. The maximum absolute atomic E-state index is 5.20. The van der Waals surface area contributed by atoms with E-state index in [1.54, 1.807) is 0 Å². The first-order chi connectivity index (χ1) is 8.13. The third kappa shape index (κ3) is 2.31.